The summed E-state index contributed by atoms with van der Waals surface area (Å²) in [6, 6.07) is 8.53. The smallest absolute Gasteiger partial charge is 0.124 e. The SMILES string of the molecule is C=CCOc1ccccc1CNC1CCS(=O)CC1. The van der Waals surface area contributed by atoms with Crippen LogP contribution in [-0.4, -0.2) is 28.4 Å². The average molecular weight is 279 g/mol. The molecule has 0 unspecified atom stereocenters. The third-order valence-corrected chi connectivity index (χ3v) is 4.68. The lowest BCUT2D eigenvalue weighted by atomic mass is 10.1. The largest absolute Gasteiger partial charge is 0.489 e. The number of hydrogen-bond acceptors (Lipinski definition) is 3. The highest BCUT2D eigenvalue weighted by molar-refractivity contribution is 7.85. The van der Waals surface area contributed by atoms with Crippen LogP contribution in [-0.2, 0) is 17.3 Å². The summed E-state index contributed by atoms with van der Waals surface area (Å²) in [5.74, 6) is 2.56. The van der Waals surface area contributed by atoms with Crippen molar-refractivity contribution in [1.82, 2.24) is 5.32 Å². The van der Waals surface area contributed by atoms with Gasteiger partial charge >= 0.3 is 0 Å². The summed E-state index contributed by atoms with van der Waals surface area (Å²) < 4.78 is 16.9. The van der Waals surface area contributed by atoms with Gasteiger partial charge < -0.3 is 10.1 Å². The van der Waals surface area contributed by atoms with E-state index in [1.807, 2.05) is 18.2 Å². The van der Waals surface area contributed by atoms with Crippen LogP contribution >= 0.6 is 0 Å². The summed E-state index contributed by atoms with van der Waals surface area (Å²) in [7, 11) is -0.593. The normalized spacial score (nSPS) is 22.9. The number of hydrogen-bond donors (Lipinski definition) is 1. The highest BCUT2D eigenvalue weighted by Crippen LogP contribution is 2.19. The Kier molecular flexibility index (Phi) is 5.61. The van der Waals surface area contributed by atoms with Crippen molar-refractivity contribution in [3.63, 3.8) is 0 Å². The van der Waals surface area contributed by atoms with Gasteiger partial charge in [0, 0.05) is 40.5 Å². The predicted molar refractivity (Wildman–Crippen MR) is 79.9 cm³/mol. The molecule has 0 aromatic heterocycles. The fraction of sp³-hybridized carbons (Fsp3) is 0.467. The van der Waals surface area contributed by atoms with Crippen molar-refractivity contribution in [2.24, 2.45) is 0 Å². The van der Waals surface area contributed by atoms with E-state index in [2.05, 4.69) is 18.0 Å². The Bertz CT molecular complexity index is 438. The van der Waals surface area contributed by atoms with Gasteiger partial charge in [-0.05, 0) is 18.9 Å². The van der Waals surface area contributed by atoms with Crippen molar-refractivity contribution >= 4 is 10.8 Å². The third kappa shape index (κ3) is 4.48. The van der Waals surface area contributed by atoms with Gasteiger partial charge in [-0.25, -0.2) is 0 Å². The van der Waals surface area contributed by atoms with Crippen molar-refractivity contribution in [3.8, 4) is 5.75 Å². The molecule has 0 amide bonds. The molecule has 1 fully saturated rings. The maximum absolute atomic E-state index is 11.3. The van der Waals surface area contributed by atoms with Crippen LogP contribution in [0.3, 0.4) is 0 Å². The van der Waals surface area contributed by atoms with Gasteiger partial charge in [0.2, 0.25) is 0 Å². The van der Waals surface area contributed by atoms with Crippen LogP contribution in [0.4, 0.5) is 0 Å². The molecule has 0 atom stereocenters. The van der Waals surface area contributed by atoms with E-state index in [1.165, 1.54) is 0 Å². The van der Waals surface area contributed by atoms with Crippen LogP contribution in [0, 0.1) is 0 Å². The molecule has 0 spiro atoms. The summed E-state index contributed by atoms with van der Waals surface area (Å²) >= 11 is 0. The van der Waals surface area contributed by atoms with Gasteiger partial charge in [0.1, 0.15) is 12.4 Å². The van der Waals surface area contributed by atoms with Crippen LogP contribution < -0.4 is 10.1 Å². The van der Waals surface area contributed by atoms with Crippen LogP contribution in [0.1, 0.15) is 18.4 Å². The second-order valence-corrected chi connectivity index (χ2v) is 6.41. The Morgan fingerprint density at radius 3 is 2.84 bits per heavy atom. The number of nitrogens with one attached hydrogen (secondary N) is 1. The first-order valence-corrected chi connectivity index (χ1v) is 8.18. The van der Waals surface area contributed by atoms with Gasteiger partial charge in [-0.3, -0.25) is 4.21 Å². The number of para-hydroxylation sites is 1. The van der Waals surface area contributed by atoms with E-state index in [1.54, 1.807) is 6.08 Å². The van der Waals surface area contributed by atoms with E-state index < -0.39 is 10.8 Å². The molecule has 19 heavy (non-hydrogen) atoms. The van der Waals surface area contributed by atoms with Crippen LogP contribution in [0.5, 0.6) is 5.75 Å². The lowest BCUT2D eigenvalue weighted by Gasteiger charge is -2.23. The molecule has 1 saturated heterocycles. The fourth-order valence-electron chi connectivity index (χ4n) is 2.19. The zero-order valence-electron chi connectivity index (χ0n) is 11.1. The Morgan fingerprint density at radius 2 is 2.11 bits per heavy atom. The summed E-state index contributed by atoms with van der Waals surface area (Å²) in [6.45, 7) is 4.99. The van der Waals surface area contributed by atoms with E-state index in [-0.39, 0.29) is 0 Å². The number of ether oxygens (including phenoxy) is 1. The Hall–Kier alpha value is -1.13. The van der Waals surface area contributed by atoms with Gasteiger partial charge in [0.05, 0.1) is 0 Å². The van der Waals surface area contributed by atoms with Gasteiger partial charge in [-0.2, -0.15) is 0 Å². The monoisotopic (exact) mass is 279 g/mol. The fourth-order valence-corrected chi connectivity index (χ4v) is 3.49. The zero-order valence-corrected chi connectivity index (χ0v) is 12.0. The Balaban J connectivity index is 1.88. The molecule has 1 aromatic carbocycles. The lowest BCUT2D eigenvalue weighted by molar-refractivity contribution is 0.356. The molecule has 2 rings (SSSR count). The van der Waals surface area contributed by atoms with E-state index in [0.717, 1.165) is 42.2 Å². The van der Waals surface area contributed by atoms with Crippen LogP contribution in [0.15, 0.2) is 36.9 Å². The van der Waals surface area contributed by atoms with Crippen molar-refractivity contribution in [1.29, 1.82) is 0 Å². The average Bonchev–Trinajstić information content (AvgIpc) is 2.45. The summed E-state index contributed by atoms with van der Waals surface area (Å²) in [5.41, 5.74) is 1.16. The molecule has 1 aliphatic rings. The molecule has 0 radical (unpaired) electrons. The topological polar surface area (TPSA) is 38.3 Å². The Labute approximate surface area is 117 Å². The standard InChI is InChI=1S/C15H21NO2S/c1-2-9-18-15-6-4-3-5-13(15)12-16-14-7-10-19(17)11-8-14/h2-6,14,16H,1,7-12H2. The molecule has 1 aliphatic heterocycles. The van der Waals surface area contributed by atoms with Gasteiger partial charge in [-0.15, -0.1) is 0 Å². The number of rotatable bonds is 6. The molecule has 0 aliphatic carbocycles. The van der Waals surface area contributed by atoms with Crippen LogP contribution in [0.2, 0.25) is 0 Å². The molecule has 4 heteroatoms. The first-order valence-electron chi connectivity index (χ1n) is 6.69. The maximum Gasteiger partial charge on any atom is 0.124 e. The highest BCUT2D eigenvalue weighted by atomic mass is 32.2. The van der Waals surface area contributed by atoms with Crippen molar-refractivity contribution in [3.05, 3.63) is 42.5 Å². The van der Waals surface area contributed by atoms with E-state index >= 15 is 0 Å². The lowest BCUT2D eigenvalue weighted by Crippen LogP contribution is -2.35. The minimum absolute atomic E-state index is 0.477. The van der Waals surface area contributed by atoms with Gasteiger partial charge in [0.15, 0.2) is 0 Å². The molecule has 104 valence electrons. The second-order valence-electron chi connectivity index (χ2n) is 4.71. The van der Waals surface area contributed by atoms with Crippen molar-refractivity contribution in [2.75, 3.05) is 18.1 Å². The first-order chi connectivity index (χ1) is 9.29. The molecular formula is C15H21NO2S. The molecule has 0 bridgehead atoms. The summed E-state index contributed by atoms with van der Waals surface area (Å²) in [6.07, 6.45) is 3.76. The molecule has 1 aromatic rings. The van der Waals surface area contributed by atoms with E-state index in [0.29, 0.717) is 12.6 Å². The second kappa shape index (κ2) is 7.46. The Morgan fingerprint density at radius 1 is 1.37 bits per heavy atom. The minimum Gasteiger partial charge on any atom is -0.489 e. The molecule has 0 saturated carbocycles. The quantitative estimate of drug-likeness (QED) is 0.812. The van der Waals surface area contributed by atoms with E-state index in [9.17, 15) is 4.21 Å². The van der Waals surface area contributed by atoms with Gasteiger partial charge in [-0.1, -0.05) is 30.9 Å². The van der Waals surface area contributed by atoms with Crippen molar-refractivity contribution in [2.45, 2.75) is 25.4 Å². The summed E-state index contributed by atoms with van der Waals surface area (Å²) in [5, 5.41) is 3.53. The molecule has 1 N–H and O–H groups in total. The third-order valence-electron chi connectivity index (χ3n) is 3.30. The van der Waals surface area contributed by atoms with Crippen molar-refractivity contribution < 1.29 is 8.95 Å². The summed E-state index contributed by atoms with van der Waals surface area (Å²) in [4.78, 5) is 0. The molecule has 1 heterocycles. The highest BCUT2D eigenvalue weighted by Gasteiger charge is 2.17. The zero-order chi connectivity index (χ0) is 13.5. The van der Waals surface area contributed by atoms with Crippen LogP contribution in [0.25, 0.3) is 0 Å². The molecular weight excluding hydrogens is 258 g/mol. The minimum atomic E-state index is -0.593. The molecule has 3 nitrogen and oxygen atoms in total. The van der Waals surface area contributed by atoms with Gasteiger partial charge in [0.25, 0.3) is 0 Å². The van der Waals surface area contributed by atoms with E-state index in [4.69, 9.17) is 4.74 Å². The number of benzene rings is 1. The predicted octanol–water partition coefficient (Wildman–Crippen LogP) is 2.25. The maximum atomic E-state index is 11.3. The first kappa shape index (κ1) is 14.3.